The summed E-state index contributed by atoms with van der Waals surface area (Å²) in [6.07, 6.45) is 0. The number of aryl methyl sites for hydroxylation is 1. The quantitative estimate of drug-likeness (QED) is 0.558. The highest BCUT2D eigenvalue weighted by Crippen LogP contribution is 2.31. The largest absolute Gasteiger partial charge is 0.345 e. The molecule has 1 saturated heterocycles. The van der Waals surface area contributed by atoms with Gasteiger partial charge in [-0.3, -0.25) is 0 Å². The molecule has 1 fully saturated rings. The predicted molar refractivity (Wildman–Crippen MR) is 117 cm³/mol. The highest BCUT2D eigenvalue weighted by molar-refractivity contribution is 9.10. The monoisotopic (exact) mass is 477 g/mol. The minimum Gasteiger partial charge on any atom is -0.345 e. The number of nitrogens with zero attached hydrogens (tertiary/aromatic N) is 3. The molecule has 28 heavy (non-hydrogen) atoms. The third-order valence-corrected chi connectivity index (χ3v) is 8.69. The summed E-state index contributed by atoms with van der Waals surface area (Å²) in [5.74, 6) is 0. The SMILES string of the molecule is Cc1ccccc1-c1csc(N2CCN(S(=O)(=O)c3ccccc3Br)CC2)n1. The van der Waals surface area contributed by atoms with E-state index in [-0.39, 0.29) is 0 Å². The molecule has 1 aromatic heterocycles. The Morgan fingerprint density at radius 3 is 2.39 bits per heavy atom. The second-order valence-electron chi connectivity index (χ2n) is 6.65. The molecule has 0 atom stereocenters. The maximum absolute atomic E-state index is 12.9. The molecular weight excluding hydrogens is 458 g/mol. The molecule has 2 aromatic carbocycles. The molecular formula is C20H20BrN3O2S2. The summed E-state index contributed by atoms with van der Waals surface area (Å²) in [5.41, 5.74) is 3.31. The first-order valence-electron chi connectivity index (χ1n) is 8.98. The molecule has 2 heterocycles. The number of piperazine rings is 1. The Labute approximate surface area is 177 Å². The van der Waals surface area contributed by atoms with Crippen LogP contribution in [0.4, 0.5) is 5.13 Å². The number of benzene rings is 2. The van der Waals surface area contributed by atoms with E-state index in [9.17, 15) is 8.42 Å². The van der Waals surface area contributed by atoms with Crippen LogP contribution in [0, 0.1) is 6.92 Å². The van der Waals surface area contributed by atoms with E-state index in [2.05, 4.69) is 45.3 Å². The van der Waals surface area contributed by atoms with Crippen LogP contribution in [0.1, 0.15) is 5.56 Å². The number of halogens is 1. The van der Waals surface area contributed by atoms with Crippen molar-refractivity contribution in [1.82, 2.24) is 9.29 Å². The van der Waals surface area contributed by atoms with Gasteiger partial charge >= 0.3 is 0 Å². The van der Waals surface area contributed by atoms with Crippen molar-refractivity contribution in [3.8, 4) is 11.3 Å². The standard InChI is InChI=1S/C20H20BrN3O2S2/c1-15-6-2-3-7-16(15)18-14-27-20(22-18)23-10-12-24(13-11-23)28(25,26)19-9-5-4-8-17(19)21/h2-9,14H,10-13H2,1H3. The van der Waals surface area contributed by atoms with Crippen LogP contribution in [0.25, 0.3) is 11.3 Å². The summed E-state index contributed by atoms with van der Waals surface area (Å²) < 4.78 is 28.0. The second kappa shape index (κ2) is 7.94. The Morgan fingerprint density at radius 2 is 1.68 bits per heavy atom. The topological polar surface area (TPSA) is 53.5 Å². The van der Waals surface area contributed by atoms with Crippen LogP contribution in [0.5, 0.6) is 0 Å². The maximum Gasteiger partial charge on any atom is 0.244 e. The van der Waals surface area contributed by atoms with Gasteiger partial charge in [-0.25, -0.2) is 13.4 Å². The minimum atomic E-state index is -3.50. The molecule has 0 amide bonds. The van der Waals surface area contributed by atoms with Gasteiger partial charge in [0.2, 0.25) is 10.0 Å². The van der Waals surface area contributed by atoms with Gasteiger partial charge in [-0.15, -0.1) is 11.3 Å². The average Bonchev–Trinajstić information content (AvgIpc) is 3.18. The van der Waals surface area contributed by atoms with Gasteiger partial charge in [0.15, 0.2) is 5.13 Å². The van der Waals surface area contributed by atoms with Crippen molar-refractivity contribution < 1.29 is 8.42 Å². The molecule has 5 nitrogen and oxygen atoms in total. The number of anilines is 1. The van der Waals surface area contributed by atoms with Gasteiger partial charge < -0.3 is 4.90 Å². The average molecular weight is 478 g/mol. The smallest absolute Gasteiger partial charge is 0.244 e. The van der Waals surface area contributed by atoms with Crippen LogP contribution in [0.3, 0.4) is 0 Å². The lowest BCUT2D eigenvalue weighted by molar-refractivity contribution is 0.384. The number of hydrogen-bond acceptors (Lipinski definition) is 5. The van der Waals surface area contributed by atoms with Crippen LogP contribution >= 0.6 is 27.3 Å². The van der Waals surface area contributed by atoms with E-state index in [0.29, 0.717) is 35.5 Å². The Morgan fingerprint density at radius 1 is 1.00 bits per heavy atom. The third kappa shape index (κ3) is 3.74. The van der Waals surface area contributed by atoms with Crippen LogP contribution in [-0.2, 0) is 10.0 Å². The molecule has 146 valence electrons. The van der Waals surface area contributed by atoms with Gasteiger partial charge in [0, 0.05) is 41.6 Å². The van der Waals surface area contributed by atoms with Crippen molar-refractivity contribution in [2.75, 3.05) is 31.1 Å². The molecule has 0 N–H and O–H groups in total. The van der Waals surface area contributed by atoms with Gasteiger partial charge in [-0.1, -0.05) is 36.4 Å². The van der Waals surface area contributed by atoms with E-state index in [1.165, 1.54) is 5.56 Å². The van der Waals surface area contributed by atoms with Crippen LogP contribution in [0.2, 0.25) is 0 Å². The number of aromatic nitrogens is 1. The van der Waals surface area contributed by atoms with Crippen molar-refractivity contribution in [2.45, 2.75) is 11.8 Å². The fourth-order valence-corrected chi connectivity index (χ4v) is 6.57. The molecule has 0 saturated carbocycles. The third-order valence-electron chi connectivity index (χ3n) is 4.88. The van der Waals surface area contributed by atoms with Gasteiger partial charge in [0.1, 0.15) is 0 Å². The zero-order valence-electron chi connectivity index (χ0n) is 15.4. The first-order chi connectivity index (χ1) is 13.5. The second-order valence-corrected chi connectivity index (χ2v) is 10.2. The summed E-state index contributed by atoms with van der Waals surface area (Å²) in [7, 11) is -3.50. The summed E-state index contributed by atoms with van der Waals surface area (Å²) in [6, 6.07) is 15.2. The molecule has 8 heteroatoms. The lowest BCUT2D eigenvalue weighted by Crippen LogP contribution is -2.48. The van der Waals surface area contributed by atoms with Crippen molar-refractivity contribution in [2.24, 2.45) is 0 Å². The summed E-state index contributed by atoms with van der Waals surface area (Å²) in [6.45, 7) is 4.24. The fraction of sp³-hybridized carbons (Fsp3) is 0.250. The number of thiazole rings is 1. The Kier molecular flexibility index (Phi) is 5.55. The van der Waals surface area contributed by atoms with Crippen molar-refractivity contribution >= 4 is 42.4 Å². The molecule has 3 aromatic rings. The maximum atomic E-state index is 12.9. The van der Waals surface area contributed by atoms with E-state index in [4.69, 9.17) is 4.98 Å². The number of rotatable bonds is 4. The highest BCUT2D eigenvalue weighted by atomic mass is 79.9. The molecule has 1 aliphatic heterocycles. The normalized spacial score (nSPS) is 15.7. The molecule has 0 radical (unpaired) electrons. The minimum absolute atomic E-state index is 0.319. The van der Waals surface area contributed by atoms with Crippen molar-refractivity contribution in [1.29, 1.82) is 0 Å². The summed E-state index contributed by atoms with van der Waals surface area (Å²) in [4.78, 5) is 7.28. The lowest BCUT2D eigenvalue weighted by atomic mass is 10.1. The van der Waals surface area contributed by atoms with E-state index in [1.807, 2.05) is 18.2 Å². The Balaban J connectivity index is 1.48. The summed E-state index contributed by atoms with van der Waals surface area (Å²) in [5, 5.41) is 3.01. The van der Waals surface area contributed by atoms with Gasteiger partial charge in [0.05, 0.1) is 10.6 Å². The van der Waals surface area contributed by atoms with E-state index in [0.717, 1.165) is 16.4 Å². The lowest BCUT2D eigenvalue weighted by Gasteiger charge is -2.34. The predicted octanol–water partition coefficient (Wildman–Crippen LogP) is 4.39. The highest BCUT2D eigenvalue weighted by Gasteiger charge is 2.30. The molecule has 0 unspecified atom stereocenters. The molecule has 4 rings (SSSR count). The van der Waals surface area contributed by atoms with E-state index < -0.39 is 10.0 Å². The summed E-state index contributed by atoms with van der Waals surface area (Å²) >= 11 is 4.96. The van der Waals surface area contributed by atoms with Crippen LogP contribution in [-0.4, -0.2) is 43.9 Å². The van der Waals surface area contributed by atoms with Crippen molar-refractivity contribution in [3.63, 3.8) is 0 Å². The Bertz CT molecular complexity index is 1090. The van der Waals surface area contributed by atoms with Gasteiger partial charge in [-0.05, 0) is 40.5 Å². The van der Waals surface area contributed by atoms with Gasteiger partial charge in [-0.2, -0.15) is 4.31 Å². The van der Waals surface area contributed by atoms with Crippen LogP contribution < -0.4 is 4.90 Å². The van der Waals surface area contributed by atoms with Gasteiger partial charge in [0.25, 0.3) is 0 Å². The fourth-order valence-electron chi connectivity index (χ4n) is 3.31. The first kappa shape index (κ1) is 19.6. The molecule has 0 aliphatic carbocycles. The first-order valence-corrected chi connectivity index (χ1v) is 12.1. The van der Waals surface area contributed by atoms with Crippen LogP contribution in [0.15, 0.2) is 63.3 Å². The van der Waals surface area contributed by atoms with E-state index >= 15 is 0 Å². The zero-order valence-corrected chi connectivity index (χ0v) is 18.6. The molecule has 0 spiro atoms. The zero-order chi connectivity index (χ0) is 19.7. The molecule has 0 bridgehead atoms. The molecule has 1 aliphatic rings. The van der Waals surface area contributed by atoms with E-state index in [1.54, 1.807) is 33.8 Å². The number of sulfonamides is 1. The number of hydrogen-bond donors (Lipinski definition) is 0. The van der Waals surface area contributed by atoms with Crippen molar-refractivity contribution in [3.05, 3.63) is 63.9 Å². The Hall–Kier alpha value is -1.74.